The molecule has 33 heavy (non-hydrogen) atoms. The number of nitrogens with zero attached hydrogens (tertiary/aromatic N) is 4. The van der Waals surface area contributed by atoms with E-state index in [1.807, 2.05) is 37.5 Å². The number of esters is 1. The molecule has 0 bridgehead atoms. The molecule has 1 fully saturated rings. The molecular formula is C25H24N4O4. The lowest BCUT2D eigenvalue weighted by molar-refractivity contribution is -0.0332. The highest BCUT2D eigenvalue weighted by Gasteiger charge is 2.29. The fourth-order valence-electron chi connectivity index (χ4n) is 4.52. The lowest BCUT2D eigenvalue weighted by Gasteiger charge is -2.33. The molecule has 2 aromatic carbocycles. The molecule has 5 rings (SSSR count). The van der Waals surface area contributed by atoms with Crippen LogP contribution in [-0.4, -0.2) is 47.5 Å². The lowest BCUT2D eigenvalue weighted by Crippen LogP contribution is -2.38. The maximum Gasteiger partial charge on any atom is 0.338 e. The Morgan fingerprint density at radius 2 is 2.18 bits per heavy atom. The number of morpholine rings is 1. The molecule has 3 heterocycles. The van der Waals surface area contributed by atoms with E-state index < -0.39 is 0 Å². The molecular weight excluding hydrogens is 420 g/mol. The van der Waals surface area contributed by atoms with E-state index in [1.165, 1.54) is 0 Å². The number of ether oxygens (including phenoxy) is 3. The third kappa shape index (κ3) is 3.97. The molecule has 1 aromatic heterocycles. The molecule has 2 aliphatic heterocycles. The number of rotatable bonds is 5. The van der Waals surface area contributed by atoms with Gasteiger partial charge in [-0.05, 0) is 36.2 Å². The van der Waals surface area contributed by atoms with Gasteiger partial charge in [0.25, 0.3) is 0 Å². The summed E-state index contributed by atoms with van der Waals surface area (Å²) >= 11 is 0. The summed E-state index contributed by atoms with van der Waals surface area (Å²) in [6.07, 6.45) is 3.78. The zero-order chi connectivity index (χ0) is 22.9. The van der Waals surface area contributed by atoms with Gasteiger partial charge in [0.2, 0.25) is 0 Å². The predicted octanol–water partition coefficient (Wildman–Crippen LogP) is 3.30. The highest BCUT2D eigenvalue weighted by atomic mass is 16.5. The van der Waals surface area contributed by atoms with Gasteiger partial charge in [0, 0.05) is 43.0 Å². The number of nitriles is 1. The van der Waals surface area contributed by atoms with Crippen molar-refractivity contribution in [1.29, 1.82) is 5.26 Å². The first-order chi connectivity index (χ1) is 16.1. The minimum Gasteiger partial charge on any atom is -0.494 e. The zero-order valence-electron chi connectivity index (χ0n) is 18.6. The summed E-state index contributed by atoms with van der Waals surface area (Å²) in [5.74, 6) is 0.353. The third-order valence-electron chi connectivity index (χ3n) is 6.30. The second kappa shape index (κ2) is 8.70. The smallest absolute Gasteiger partial charge is 0.338 e. The summed E-state index contributed by atoms with van der Waals surface area (Å²) in [6, 6.07) is 11.3. The van der Waals surface area contributed by atoms with Crippen LogP contribution in [0.4, 0.5) is 0 Å². The summed E-state index contributed by atoms with van der Waals surface area (Å²) in [4.78, 5) is 14.2. The third-order valence-corrected chi connectivity index (χ3v) is 6.30. The highest BCUT2D eigenvalue weighted by molar-refractivity contribution is 5.93. The van der Waals surface area contributed by atoms with Crippen LogP contribution < -0.4 is 4.74 Å². The molecule has 0 N–H and O–H groups in total. The van der Waals surface area contributed by atoms with E-state index >= 15 is 0 Å². The molecule has 2 aliphatic rings. The number of methoxy groups -OCH3 is 1. The topological polar surface area (TPSA) is 89.6 Å². The summed E-state index contributed by atoms with van der Waals surface area (Å²) < 4.78 is 18.5. The van der Waals surface area contributed by atoms with E-state index in [9.17, 15) is 4.79 Å². The van der Waals surface area contributed by atoms with Crippen LogP contribution in [0.2, 0.25) is 0 Å². The van der Waals surface area contributed by atoms with Crippen LogP contribution in [0.15, 0.2) is 42.7 Å². The van der Waals surface area contributed by atoms with E-state index in [0.29, 0.717) is 30.1 Å². The normalized spacial score (nSPS) is 18.0. The summed E-state index contributed by atoms with van der Waals surface area (Å²) in [6.45, 7) is 5.32. The largest absolute Gasteiger partial charge is 0.494 e. The first-order valence-corrected chi connectivity index (χ1v) is 10.8. The Kier molecular flexibility index (Phi) is 5.58. The van der Waals surface area contributed by atoms with Crippen molar-refractivity contribution in [3.8, 4) is 17.5 Å². The van der Waals surface area contributed by atoms with E-state index in [4.69, 9.17) is 19.5 Å². The van der Waals surface area contributed by atoms with Crippen LogP contribution in [0.5, 0.6) is 5.75 Å². The monoisotopic (exact) mass is 444 g/mol. The van der Waals surface area contributed by atoms with Gasteiger partial charge in [-0.25, -0.2) is 9.48 Å². The average Bonchev–Trinajstić information content (AvgIpc) is 3.46. The van der Waals surface area contributed by atoms with Crippen LogP contribution in [0.3, 0.4) is 0 Å². The van der Waals surface area contributed by atoms with E-state index in [1.54, 1.807) is 23.9 Å². The molecule has 0 saturated carbocycles. The predicted molar refractivity (Wildman–Crippen MR) is 119 cm³/mol. The Morgan fingerprint density at radius 3 is 3.00 bits per heavy atom. The average molecular weight is 444 g/mol. The standard InChI is InChI=1S/C25H24N4O4/c1-16-19(4-5-20-21(16)15-33-25(20)30)24-14-28(7-8-32-24)12-18-11-27-29(13-18)22-6-3-17(10-26)9-23(22)31-2/h3-6,9,11,13,24H,7-8,12,14-15H2,1-2H3. The van der Waals surface area contributed by atoms with Crippen molar-refractivity contribution in [2.24, 2.45) is 0 Å². The molecule has 0 aliphatic carbocycles. The van der Waals surface area contributed by atoms with Gasteiger partial charge in [-0.15, -0.1) is 0 Å². The van der Waals surface area contributed by atoms with Crippen molar-refractivity contribution in [2.45, 2.75) is 26.2 Å². The van der Waals surface area contributed by atoms with Gasteiger partial charge in [0.05, 0.1) is 43.2 Å². The van der Waals surface area contributed by atoms with Crippen molar-refractivity contribution in [3.63, 3.8) is 0 Å². The maximum absolute atomic E-state index is 11.8. The van der Waals surface area contributed by atoms with Crippen LogP contribution in [0, 0.1) is 18.3 Å². The molecule has 1 atom stereocenters. The SMILES string of the molecule is COc1cc(C#N)ccc1-n1cc(CN2CCOC(c3ccc4c(c3C)COC4=O)C2)cn1. The highest BCUT2D eigenvalue weighted by Crippen LogP contribution is 2.32. The number of aromatic nitrogens is 2. The Morgan fingerprint density at radius 1 is 1.30 bits per heavy atom. The van der Waals surface area contributed by atoms with Crippen LogP contribution in [-0.2, 0) is 22.6 Å². The maximum atomic E-state index is 11.8. The molecule has 168 valence electrons. The number of fused-ring (bicyclic) bond motifs is 1. The van der Waals surface area contributed by atoms with Crippen molar-refractivity contribution in [2.75, 3.05) is 26.8 Å². The molecule has 0 amide bonds. The van der Waals surface area contributed by atoms with E-state index in [-0.39, 0.29) is 12.1 Å². The molecule has 1 unspecified atom stereocenters. The molecule has 8 heteroatoms. The van der Waals surface area contributed by atoms with Gasteiger partial charge in [0.1, 0.15) is 18.0 Å². The van der Waals surface area contributed by atoms with Gasteiger partial charge in [-0.1, -0.05) is 6.07 Å². The number of hydrogen-bond donors (Lipinski definition) is 0. The zero-order valence-corrected chi connectivity index (χ0v) is 18.6. The Balaban J connectivity index is 1.31. The summed E-state index contributed by atoms with van der Waals surface area (Å²) in [7, 11) is 1.58. The minimum atomic E-state index is -0.248. The molecule has 0 radical (unpaired) electrons. The second-order valence-corrected chi connectivity index (χ2v) is 8.27. The lowest BCUT2D eigenvalue weighted by atomic mass is 9.94. The molecule has 0 spiro atoms. The van der Waals surface area contributed by atoms with Crippen molar-refractivity contribution >= 4 is 5.97 Å². The fourth-order valence-corrected chi connectivity index (χ4v) is 4.52. The second-order valence-electron chi connectivity index (χ2n) is 8.27. The van der Waals surface area contributed by atoms with E-state index in [2.05, 4.69) is 16.1 Å². The number of cyclic esters (lactones) is 1. The molecule has 8 nitrogen and oxygen atoms in total. The first-order valence-electron chi connectivity index (χ1n) is 10.8. The van der Waals surface area contributed by atoms with Crippen molar-refractivity contribution in [3.05, 3.63) is 76.1 Å². The van der Waals surface area contributed by atoms with Gasteiger partial charge < -0.3 is 14.2 Å². The molecule has 3 aromatic rings. The summed E-state index contributed by atoms with van der Waals surface area (Å²) in [5.41, 5.74) is 6.21. The minimum absolute atomic E-state index is 0.0617. The van der Waals surface area contributed by atoms with Crippen LogP contribution in [0.1, 0.15) is 44.3 Å². The Hall–Kier alpha value is -3.67. The number of carbonyl (C=O) groups is 1. The summed E-state index contributed by atoms with van der Waals surface area (Å²) in [5, 5.41) is 13.6. The number of hydrogen-bond acceptors (Lipinski definition) is 7. The number of carbonyl (C=O) groups excluding carboxylic acids is 1. The number of benzene rings is 2. The quantitative estimate of drug-likeness (QED) is 0.558. The van der Waals surface area contributed by atoms with E-state index in [0.717, 1.165) is 47.6 Å². The van der Waals surface area contributed by atoms with Crippen molar-refractivity contribution < 1.29 is 19.0 Å². The molecule has 1 saturated heterocycles. The van der Waals surface area contributed by atoms with Gasteiger partial charge in [-0.2, -0.15) is 10.4 Å². The Labute approximate surface area is 191 Å². The van der Waals surface area contributed by atoms with Gasteiger partial charge in [-0.3, -0.25) is 4.90 Å². The van der Waals surface area contributed by atoms with Crippen LogP contribution in [0.25, 0.3) is 5.69 Å². The van der Waals surface area contributed by atoms with Crippen LogP contribution >= 0.6 is 0 Å². The fraction of sp³-hybridized carbons (Fsp3) is 0.320. The van der Waals surface area contributed by atoms with Crippen molar-refractivity contribution in [1.82, 2.24) is 14.7 Å². The van der Waals surface area contributed by atoms with Gasteiger partial charge in [0.15, 0.2) is 0 Å². The van der Waals surface area contributed by atoms with Gasteiger partial charge >= 0.3 is 5.97 Å². The first kappa shape index (κ1) is 21.2. The Bertz CT molecular complexity index is 1260.